The molecule has 0 aliphatic heterocycles. The molecule has 0 bridgehead atoms. The molecule has 0 radical (unpaired) electrons. The van der Waals surface area contributed by atoms with Crippen molar-refractivity contribution in [3.63, 3.8) is 0 Å². The van der Waals surface area contributed by atoms with Crippen molar-refractivity contribution in [3.8, 4) is 0 Å². The Morgan fingerprint density at radius 2 is 2.20 bits per heavy atom. The van der Waals surface area contributed by atoms with Gasteiger partial charge in [0.2, 0.25) is 0 Å². The normalized spacial score (nSPS) is 15.2. The number of likely N-dealkylation sites (N-methyl/N-ethyl adjacent to an activating group) is 1. The van der Waals surface area contributed by atoms with Gasteiger partial charge in [-0.25, -0.2) is 0 Å². The molecule has 1 aromatic rings. The number of hydrogen-bond donors (Lipinski definition) is 1. The molecular formula is C12H21NOS. The van der Waals surface area contributed by atoms with Crippen LogP contribution in [0.2, 0.25) is 0 Å². The number of ether oxygens (including phenoxy) is 1. The first-order chi connectivity index (χ1) is 7.24. The van der Waals surface area contributed by atoms with Crippen LogP contribution in [0, 0.1) is 6.92 Å². The molecule has 1 rings (SSSR count). The van der Waals surface area contributed by atoms with Gasteiger partial charge in [-0.15, -0.1) is 11.3 Å². The van der Waals surface area contributed by atoms with Gasteiger partial charge in [-0.05, 0) is 44.3 Å². The molecule has 0 fully saturated rings. The lowest BCUT2D eigenvalue weighted by molar-refractivity contribution is 0.0341. The zero-order valence-corrected chi connectivity index (χ0v) is 10.9. The van der Waals surface area contributed by atoms with Crippen molar-refractivity contribution in [2.75, 3.05) is 13.7 Å². The van der Waals surface area contributed by atoms with E-state index < -0.39 is 0 Å². The van der Waals surface area contributed by atoms with Crippen LogP contribution < -0.4 is 5.32 Å². The van der Waals surface area contributed by atoms with Crippen LogP contribution in [0.4, 0.5) is 0 Å². The lowest BCUT2D eigenvalue weighted by Gasteiger charge is -2.25. The highest BCUT2D eigenvalue weighted by molar-refractivity contribution is 7.10. The van der Waals surface area contributed by atoms with E-state index in [1.54, 1.807) is 0 Å². The molecule has 0 amide bonds. The first-order valence-corrected chi connectivity index (χ1v) is 6.45. The van der Waals surface area contributed by atoms with E-state index in [0.29, 0.717) is 6.04 Å². The summed E-state index contributed by atoms with van der Waals surface area (Å²) in [6.07, 6.45) is 1.31. The van der Waals surface area contributed by atoms with E-state index in [4.69, 9.17) is 4.74 Å². The average molecular weight is 227 g/mol. The molecule has 0 saturated heterocycles. The highest BCUT2D eigenvalue weighted by Gasteiger charge is 2.22. The standard InChI is InChI=1S/C12H21NOS/c1-5-10(14-6-2)11(13-4)12-9(3)7-8-15-12/h7-8,10-11,13H,5-6H2,1-4H3. The Bertz CT molecular complexity index is 285. The number of rotatable bonds is 6. The quantitative estimate of drug-likeness (QED) is 0.806. The van der Waals surface area contributed by atoms with Gasteiger partial charge < -0.3 is 10.1 Å². The molecule has 2 unspecified atom stereocenters. The third kappa shape index (κ3) is 3.03. The fourth-order valence-electron chi connectivity index (χ4n) is 1.85. The molecule has 86 valence electrons. The molecular weight excluding hydrogens is 206 g/mol. The van der Waals surface area contributed by atoms with E-state index in [2.05, 4.69) is 37.5 Å². The maximum atomic E-state index is 5.77. The number of hydrogen-bond acceptors (Lipinski definition) is 3. The zero-order valence-electron chi connectivity index (χ0n) is 10.0. The van der Waals surface area contributed by atoms with Crippen LogP contribution in [0.3, 0.4) is 0 Å². The molecule has 1 N–H and O–H groups in total. The van der Waals surface area contributed by atoms with Gasteiger partial charge in [0.15, 0.2) is 0 Å². The lowest BCUT2D eigenvalue weighted by Crippen LogP contribution is -2.31. The van der Waals surface area contributed by atoms with Crippen molar-refractivity contribution in [3.05, 3.63) is 21.9 Å². The van der Waals surface area contributed by atoms with Gasteiger partial charge >= 0.3 is 0 Å². The highest BCUT2D eigenvalue weighted by Crippen LogP contribution is 2.28. The second-order valence-corrected chi connectivity index (χ2v) is 4.58. The molecule has 0 aliphatic carbocycles. The van der Waals surface area contributed by atoms with Gasteiger partial charge in [0, 0.05) is 11.5 Å². The Morgan fingerprint density at radius 3 is 2.60 bits per heavy atom. The van der Waals surface area contributed by atoms with Crippen LogP contribution in [0.5, 0.6) is 0 Å². The van der Waals surface area contributed by atoms with Gasteiger partial charge in [-0.1, -0.05) is 6.92 Å². The number of thiophene rings is 1. The Balaban J connectivity index is 2.82. The topological polar surface area (TPSA) is 21.3 Å². The molecule has 1 heterocycles. The minimum Gasteiger partial charge on any atom is -0.377 e. The maximum absolute atomic E-state index is 5.77. The maximum Gasteiger partial charge on any atom is 0.0774 e. The van der Waals surface area contributed by atoms with E-state index >= 15 is 0 Å². The fourth-order valence-corrected chi connectivity index (χ4v) is 2.94. The van der Waals surface area contributed by atoms with Crippen LogP contribution in [0.1, 0.15) is 36.8 Å². The third-order valence-corrected chi connectivity index (χ3v) is 3.75. The summed E-state index contributed by atoms with van der Waals surface area (Å²) in [6.45, 7) is 7.17. The highest BCUT2D eigenvalue weighted by atomic mass is 32.1. The summed E-state index contributed by atoms with van der Waals surface area (Å²) in [7, 11) is 2.01. The van der Waals surface area contributed by atoms with Gasteiger partial charge in [-0.2, -0.15) is 0 Å². The molecule has 0 saturated carbocycles. The molecule has 0 spiro atoms. The predicted octanol–water partition coefficient (Wildman–Crippen LogP) is 3.13. The molecule has 0 aliphatic rings. The summed E-state index contributed by atoms with van der Waals surface area (Å²) in [5.74, 6) is 0. The van der Waals surface area contributed by atoms with Crippen LogP contribution in [0.15, 0.2) is 11.4 Å². The molecule has 1 aromatic heterocycles. The van der Waals surface area contributed by atoms with E-state index in [0.717, 1.165) is 13.0 Å². The Morgan fingerprint density at radius 1 is 1.47 bits per heavy atom. The Labute approximate surface area is 96.7 Å². The summed E-state index contributed by atoms with van der Waals surface area (Å²) in [5.41, 5.74) is 1.36. The smallest absolute Gasteiger partial charge is 0.0774 e. The molecule has 15 heavy (non-hydrogen) atoms. The monoisotopic (exact) mass is 227 g/mol. The van der Waals surface area contributed by atoms with Crippen molar-refractivity contribution < 1.29 is 4.74 Å². The third-order valence-electron chi connectivity index (χ3n) is 2.65. The molecule has 3 heteroatoms. The first kappa shape index (κ1) is 12.7. The first-order valence-electron chi connectivity index (χ1n) is 5.57. The number of aryl methyl sites for hydroxylation is 1. The van der Waals surface area contributed by atoms with Crippen molar-refractivity contribution in [1.82, 2.24) is 5.32 Å². The van der Waals surface area contributed by atoms with E-state index in [9.17, 15) is 0 Å². The van der Waals surface area contributed by atoms with Crippen molar-refractivity contribution in [2.24, 2.45) is 0 Å². The second kappa shape index (κ2) is 6.26. The van der Waals surface area contributed by atoms with Crippen molar-refractivity contribution in [1.29, 1.82) is 0 Å². The summed E-state index contributed by atoms with van der Waals surface area (Å²) in [5, 5.41) is 5.51. The summed E-state index contributed by atoms with van der Waals surface area (Å²) in [6, 6.07) is 2.50. The summed E-state index contributed by atoms with van der Waals surface area (Å²) < 4.78 is 5.77. The summed E-state index contributed by atoms with van der Waals surface area (Å²) in [4.78, 5) is 1.40. The Hall–Kier alpha value is -0.380. The van der Waals surface area contributed by atoms with Gasteiger partial charge in [0.05, 0.1) is 12.1 Å². The SMILES string of the molecule is CCOC(CC)C(NC)c1sccc1C. The average Bonchev–Trinajstić information content (AvgIpc) is 2.65. The van der Waals surface area contributed by atoms with Crippen LogP contribution in [-0.2, 0) is 4.74 Å². The fraction of sp³-hybridized carbons (Fsp3) is 0.667. The molecule has 2 atom stereocenters. The minimum absolute atomic E-state index is 0.275. The van der Waals surface area contributed by atoms with Gasteiger partial charge in [0.1, 0.15) is 0 Å². The lowest BCUT2D eigenvalue weighted by atomic mass is 10.0. The molecule has 0 aromatic carbocycles. The van der Waals surface area contributed by atoms with Crippen LogP contribution in [-0.4, -0.2) is 19.8 Å². The van der Waals surface area contributed by atoms with E-state index in [-0.39, 0.29) is 6.10 Å². The van der Waals surface area contributed by atoms with Gasteiger partial charge in [0.25, 0.3) is 0 Å². The van der Waals surface area contributed by atoms with Crippen LogP contribution >= 0.6 is 11.3 Å². The minimum atomic E-state index is 0.275. The van der Waals surface area contributed by atoms with E-state index in [1.165, 1.54) is 10.4 Å². The molecule has 2 nitrogen and oxygen atoms in total. The Kier molecular flexibility index (Phi) is 5.29. The van der Waals surface area contributed by atoms with Crippen molar-refractivity contribution >= 4 is 11.3 Å². The van der Waals surface area contributed by atoms with E-state index in [1.807, 2.05) is 18.4 Å². The van der Waals surface area contributed by atoms with Crippen molar-refractivity contribution in [2.45, 2.75) is 39.3 Å². The summed E-state index contributed by atoms with van der Waals surface area (Å²) >= 11 is 1.81. The zero-order chi connectivity index (χ0) is 11.3. The number of nitrogens with one attached hydrogen (secondary N) is 1. The van der Waals surface area contributed by atoms with Gasteiger partial charge in [-0.3, -0.25) is 0 Å². The largest absolute Gasteiger partial charge is 0.377 e. The predicted molar refractivity (Wildman–Crippen MR) is 66.6 cm³/mol. The van der Waals surface area contributed by atoms with Crippen LogP contribution in [0.25, 0.3) is 0 Å². The second-order valence-electron chi connectivity index (χ2n) is 3.64.